The number of piperazine rings is 1. The van der Waals surface area contributed by atoms with Gasteiger partial charge in [0.1, 0.15) is 11.9 Å². The molecule has 3 aliphatic heterocycles. The van der Waals surface area contributed by atoms with Crippen LogP contribution in [0.1, 0.15) is 43.4 Å². The van der Waals surface area contributed by atoms with Crippen molar-refractivity contribution in [2.75, 3.05) is 62.2 Å². The molecule has 0 radical (unpaired) electrons. The third-order valence-electron chi connectivity index (χ3n) is 10.3. The fraction of sp³-hybridized carbons (Fsp3) is 0.500. The third-order valence-corrected chi connectivity index (χ3v) is 10.3. The molecule has 1 amide bonds. The summed E-state index contributed by atoms with van der Waals surface area (Å²) in [7, 11) is 0. The van der Waals surface area contributed by atoms with Gasteiger partial charge in [-0.2, -0.15) is 9.97 Å². The molecule has 3 unspecified atom stereocenters. The zero-order chi connectivity index (χ0) is 30.8. The van der Waals surface area contributed by atoms with E-state index in [-0.39, 0.29) is 18.5 Å². The molecule has 4 aliphatic rings. The number of hydrogen-bond acceptors (Lipinski definition) is 7. The Balaban J connectivity index is 1.16. The van der Waals surface area contributed by atoms with Crippen LogP contribution in [0.3, 0.4) is 0 Å². The highest BCUT2D eigenvalue weighted by Gasteiger charge is 2.35. The summed E-state index contributed by atoms with van der Waals surface area (Å²) in [6.45, 7) is 17.8. The largest absolute Gasteiger partial charge is 0.463 e. The van der Waals surface area contributed by atoms with Gasteiger partial charge in [0.2, 0.25) is 12.5 Å². The molecule has 1 aromatic heterocycles. The highest BCUT2D eigenvalue weighted by Crippen LogP contribution is 2.36. The molecule has 1 saturated carbocycles. The van der Waals surface area contributed by atoms with Crippen LogP contribution < -0.4 is 14.5 Å². The lowest BCUT2D eigenvalue weighted by Crippen LogP contribution is -2.56. The van der Waals surface area contributed by atoms with E-state index in [0.717, 1.165) is 30.0 Å². The molecule has 9 heteroatoms. The number of carbonyl (C=O) groups excluding carboxylic acids is 1. The van der Waals surface area contributed by atoms with Gasteiger partial charge in [0.05, 0.1) is 18.8 Å². The second-order valence-corrected chi connectivity index (χ2v) is 13.0. The van der Waals surface area contributed by atoms with E-state index >= 15 is 0 Å². The van der Waals surface area contributed by atoms with Gasteiger partial charge in [0.15, 0.2) is 0 Å². The fourth-order valence-corrected chi connectivity index (χ4v) is 7.95. The predicted octanol–water partition coefficient (Wildman–Crippen LogP) is 4.96. The summed E-state index contributed by atoms with van der Waals surface area (Å²) < 4.78 is 6.45. The molecule has 9 nitrogen and oxygen atoms in total. The number of amides is 1. The van der Waals surface area contributed by atoms with Gasteiger partial charge in [-0.15, -0.1) is 0 Å². The minimum absolute atomic E-state index is 0.119. The summed E-state index contributed by atoms with van der Waals surface area (Å²) in [6.07, 6.45) is 8.44. The van der Waals surface area contributed by atoms with Crippen LogP contribution in [0.15, 0.2) is 55.1 Å². The number of anilines is 2. The monoisotopic (exact) mass is 605 g/mol. The first-order valence-electron chi connectivity index (χ1n) is 16.6. The number of aromatic nitrogens is 2. The van der Waals surface area contributed by atoms with E-state index in [0.29, 0.717) is 50.8 Å². The maximum atomic E-state index is 12.6. The van der Waals surface area contributed by atoms with Gasteiger partial charge in [0.25, 0.3) is 0 Å². The molecule has 0 bridgehead atoms. The van der Waals surface area contributed by atoms with Gasteiger partial charge in [-0.05, 0) is 75.1 Å². The highest BCUT2D eigenvalue weighted by molar-refractivity contribution is 5.94. The molecule has 3 atom stereocenters. The van der Waals surface area contributed by atoms with E-state index in [1.54, 1.807) is 4.90 Å². The molecular formula is C36H43N7O2. The quantitative estimate of drug-likeness (QED) is 0.266. The number of hydrogen-bond donors (Lipinski definition) is 0. The topological polar surface area (TPSA) is 69.4 Å². The first-order chi connectivity index (χ1) is 22.1. The van der Waals surface area contributed by atoms with Crippen molar-refractivity contribution in [2.24, 2.45) is 5.92 Å². The smallest absolute Gasteiger partial charge is 0.318 e. The number of likely N-dealkylation sites (tertiary alicyclic amines) is 1. The molecule has 0 N–H and O–H groups in total. The average molecular weight is 606 g/mol. The van der Waals surface area contributed by atoms with Crippen LogP contribution in [-0.4, -0.2) is 90.2 Å². The molecule has 7 rings (SSSR count). The van der Waals surface area contributed by atoms with Crippen molar-refractivity contribution in [3.05, 3.63) is 77.8 Å². The van der Waals surface area contributed by atoms with Crippen molar-refractivity contribution in [1.82, 2.24) is 19.8 Å². The normalized spacial score (nSPS) is 23.6. The highest BCUT2D eigenvalue weighted by atomic mass is 16.5. The zero-order valence-electron chi connectivity index (χ0n) is 26.1. The number of rotatable bonds is 8. The Hall–Kier alpha value is -4.16. The van der Waals surface area contributed by atoms with E-state index in [9.17, 15) is 4.79 Å². The van der Waals surface area contributed by atoms with Crippen molar-refractivity contribution < 1.29 is 9.53 Å². The number of ether oxygens (including phenoxy) is 1. The third kappa shape index (κ3) is 6.08. The van der Waals surface area contributed by atoms with Crippen molar-refractivity contribution in [1.29, 1.82) is 0 Å². The van der Waals surface area contributed by atoms with E-state index in [2.05, 4.69) is 68.6 Å². The molecule has 1 aliphatic carbocycles. The SMILES string of the molecule is [C-]#[N+]CC1CN(c2nc(OCC3CCC(N4CCCC4)C3)nc3c2CCN(c2cccc4ccccc24)C3)CCN1C(=O)C=C. The Morgan fingerprint density at radius 3 is 2.71 bits per heavy atom. The summed E-state index contributed by atoms with van der Waals surface area (Å²) in [6, 6.07) is 16.0. The van der Waals surface area contributed by atoms with Crippen LogP contribution in [0.25, 0.3) is 15.6 Å². The molecule has 3 aromatic rings. The first-order valence-corrected chi connectivity index (χ1v) is 16.6. The first kappa shape index (κ1) is 29.5. The molecule has 2 saturated heterocycles. The average Bonchev–Trinajstić information content (AvgIpc) is 3.79. The summed E-state index contributed by atoms with van der Waals surface area (Å²) in [5.41, 5.74) is 3.37. The molecule has 2 aromatic carbocycles. The van der Waals surface area contributed by atoms with Crippen molar-refractivity contribution in [3.8, 4) is 6.01 Å². The lowest BCUT2D eigenvalue weighted by atomic mass is 10.0. The maximum absolute atomic E-state index is 12.6. The standard InChI is InChI=1S/C36H43N7O2/c1-3-34(44)43-20-19-42(23-29(43)22-37-2)35-31-15-18-41(33-12-8-10-27-9-4-5-11-30(27)33)24-32(31)38-36(39-35)45-25-26-13-14-28(21-26)40-16-6-7-17-40/h3-5,8-12,26,28-29H,1,6-7,13-25H2. The second-order valence-electron chi connectivity index (χ2n) is 13.0. The number of fused-ring (bicyclic) bond motifs is 2. The fourth-order valence-electron chi connectivity index (χ4n) is 7.95. The Morgan fingerprint density at radius 1 is 1.02 bits per heavy atom. The Labute approximate surface area is 266 Å². The van der Waals surface area contributed by atoms with E-state index in [1.165, 1.54) is 67.7 Å². The predicted molar refractivity (Wildman–Crippen MR) is 178 cm³/mol. The number of benzene rings is 2. The summed E-state index contributed by atoms with van der Waals surface area (Å²) in [5.74, 6) is 1.29. The van der Waals surface area contributed by atoms with Crippen LogP contribution >= 0.6 is 0 Å². The van der Waals surface area contributed by atoms with Crippen molar-refractivity contribution in [3.63, 3.8) is 0 Å². The van der Waals surface area contributed by atoms with E-state index < -0.39 is 0 Å². The molecule has 0 spiro atoms. The van der Waals surface area contributed by atoms with Gasteiger partial charge < -0.3 is 29.2 Å². The number of nitrogens with zero attached hydrogens (tertiary/aromatic N) is 7. The van der Waals surface area contributed by atoms with Crippen molar-refractivity contribution >= 4 is 28.2 Å². The minimum Gasteiger partial charge on any atom is -0.463 e. The number of carbonyl (C=O) groups is 1. The Kier molecular flexibility index (Phi) is 8.57. The Bertz CT molecular complexity index is 1590. The van der Waals surface area contributed by atoms with Crippen LogP contribution in [0.5, 0.6) is 6.01 Å². The summed E-state index contributed by atoms with van der Waals surface area (Å²) in [4.78, 5) is 35.5. The van der Waals surface area contributed by atoms with Gasteiger partial charge in [-0.25, -0.2) is 6.57 Å². The minimum atomic E-state index is -0.214. The van der Waals surface area contributed by atoms with Crippen LogP contribution in [0.4, 0.5) is 11.5 Å². The molecular weight excluding hydrogens is 562 g/mol. The van der Waals surface area contributed by atoms with Gasteiger partial charge in [-0.1, -0.05) is 43.0 Å². The second kappa shape index (κ2) is 13.1. The summed E-state index contributed by atoms with van der Waals surface area (Å²) >= 11 is 0. The maximum Gasteiger partial charge on any atom is 0.318 e. The van der Waals surface area contributed by atoms with Crippen LogP contribution in [0, 0.1) is 12.5 Å². The van der Waals surface area contributed by atoms with Gasteiger partial charge in [-0.3, -0.25) is 4.79 Å². The van der Waals surface area contributed by atoms with Crippen LogP contribution in [-0.2, 0) is 17.8 Å². The van der Waals surface area contributed by atoms with E-state index in [1.807, 2.05) is 0 Å². The molecule has 45 heavy (non-hydrogen) atoms. The molecule has 3 fully saturated rings. The lowest BCUT2D eigenvalue weighted by Gasteiger charge is -2.41. The summed E-state index contributed by atoms with van der Waals surface area (Å²) in [5, 5.41) is 2.47. The Morgan fingerprint density at radius 2 is 1.87 bits per heavy atom. The molecule has 4 heterocycles. The molecule has 234 valence electrons. The van der Waals surface area contributed by atoms with Crippen LogP contribution in [0.2, 0.25) is 0 Å². The van der Waals surface area contributed by atoms with Gasteiger partial charge >= 0.3 is 6.01 Å². The zero-order valence-corrected chi connectivity index (χ0v) is 26.1. The van der Waals surface area contributed by atoms with Gasteiger partial charge in [0, 0.05) is 48.9 Å². The lowest BCUT2D eigenvalue weighted by molar-refractivity contribution is -0.128. The van der Waals surface area contributed by atoms with E-state index in [4.69, 9.17) is 21.3 Å². The van der Waals surface area contributed by atoms with Crippen molar-refractivity contribution in [2.45, 2.75) is 57.2 Å².